The molecule has 4 aromatic rings. The van der Waals surface area contributed by atoms with Gasteiger partial charge in [-0.25, -0.2) is 4.98 Å². The molecule has 0 bridgehead atoms. The maximum atomic E-state index is 13.0. The number of rotatable bonds is 14. The lowest BCUT2D eigenvalue weighted by molar-refractivity contribution is -0.133. The van der Waals surface area contributed by atoms with Crippen LogP contribution in [0.5, 0.6) is 5.75 Å². The smallest absolute Gasteiger partial charge is 0.254 e. The van der Waals surface area contributed by atoms with Crippen molar-refractivity contribution in [2.24, 2.45) is 0 Å². The van der Waals surface area contributed by atoms with Crippen molar-refractivity contribution >= 4 is 5.91 Å². The standard InChI is InChI=1S/C33H37N3O5/c1-3-31-34-28(25-11-7-5-8-12-25)22-32(38)36(31)19-20-41-27-17-15-24(16-18-27)21-30(40-4-2)33(39)35-29(23-37)26-13-9-6-10-14-26/h5-18,22,29-30,37H,3-4,19-21,23H2,1-2H3,(H,35,39)/t29-,30+/m1/s1. The molecular formula is C33H37N3O5. The summed E-state index contributed by atoms with van der Waals surface area (Å²) in [5.74, 6) is 1.10. The maximum Gasteiger partial charge on any atom is 0.254 e. The van der Waals surface area contributed by atoms with Crippen LogP contribution >= 0.6 is 0 Å². The summed E-state index contributed by atoms with van der Waals surface area (Å²) in [5, 5.41) is 12.7. The van der Waals surface area contributed by atoms with Crippen molar-refractivity contribution in [3.63, 3.8) is 0 Å². The number of aliphatic hydroxyl groups is 1. The summed E-state index contributed by atoms with van der Waals surface area (Å²) < 4.78 is 13.3. The van der Waals surface area contributed by atoms with Crippen LogP contribution in [-0.4, -0.2) is 46.5 Å². The van der Waals surface area contributed by atoms with E-state index < -0.39 is 12.1 Å². The molecule has 0 aliphatic rings. The van der Waals surface area contributed by atoms with Crippen molar-refractivity contribution in [3.8, 4) is 17.0 Å². The van der Waals surface area contributed by atoms with Gasteiger partial charge in [-0.2, -0.15) is 0 Å². The Morgan fingerprint density at radius 3 is 2.29 bits per heavy atom. The predicted octanol–water partition coefficient (Wildman–Crippen LogP) is 4.35. The van der Waals surface area contributed by atoms with Gasteiger partial charge in [0.2, 0.25) is 5.91 Å². The van der Waals surface area contributed by atoms with Gasteiger partial charge in [-0.3, -0.25) is 14.2 Å². The third kappa shape index (κ3) is 8.13. The van der Waals surface area contributed by atoms with Crippen molar-refractivity contribution in [3.05, 3.63) is 118 Å². The van der Waals surface area contributed by atoms with Gasteiger partial charge < -0.3 is 19.9 Å². The SMILES string of the molecule is CCO[C@@H](Cc1ccc(OCCn2c(CC)nc(-c3ccccc3)cc2=O)cc1)C(=O)N[C@H](CO)c1ccccc1. The molecular weight excluding hydrogens is 518 g/mol. The van der Waals surface area contributed by atoms with Crippen LogP contribution in [0, 0.1) is 0 Å². The molecule has 3 aromatic carbocycles. The molecule has 0 aliphatic carbocycles. The number of nitrogens with zero attached hydrogens (tertiary/aromatic N) is 2. The van der Waals surface area contributed by atoms with Gasteiger partial charge >= 0.3 is 0 Å². The van der Waals surface area contributed by atoms with Crippen LogP contribution in [0.3, 0.4) is 0 Å². The molecule has 4 rings (SSSR count). The van der Waals surface area contributed by atoms with E-state index in [2.05, 4.69) is 5.32 Å². The number of hydrogen-bond donors (Lipinski definition) is 2. The zero-order valence-electron chi connectivity index (χ0n) is 23.5. The number of carbonyl (C=O) groups is 1. The first-order valence-corrected chi connectivity index (χ1v) is 14.0. The van der Waals surface area contributed by atoms with Crippen molar-refractivity contribution in [1.82, 2.24) is 14.9 Å². The highest BCUT2D eigenvalue weighted by molar-refractivity contribution is 5.81. The summed E-state index contributed by atoms with van der Waals surface area (Å²) in [5.41, 5.74) is 3.22. The summed E-state index contributed by atoms with van der Waals surface area (Å²) in [4.78, 5) is 30.6. The molecule has 0 saturated carbocycles. The van der Waals surface area contributed by atoms with Gasteiger partial charge in [0.15, 0.2) is 0 Å². The summed E-state index contributed by atoms with van der Waals surface area (Å²) in [6.07, 6.45) is 0.306. The highest BCUT2D eigenvalue weighted by Gasteiger charge is 2.23. The lowest BCUT2D eigenvalue weighted by atomic mass is 10.0. The molecule has 0 radical (unpaired) electrons. The topological polar surface area (TPSA) is 103 Å². The van der Waals surface area contributed by atoms with E-state index in [0.717, 1.165) is 16.7 Å². The van der Waals surface area contributed by atoms with Crippen LogP contribution in [0.1, 0.15) is 36.8 Å². The Morgan fingerprint density at radius 1 is 0.976 bits per heavy atom. The molecule has 0 saturated heterocycles. The van der Waals surface area contributed by atoms with E-state index in [0.29, 0.717) is 49.9 Å². The van der Waals surface area contributed by atoms with Gasteiger partial charge in [-0.05, 0) is 30.2 Å². The second-order valence-corrected chi connectivity index (χ2v) is 9.56. The second kappa shape index (κ2) is 14.9. The Kier molecular flexibility index (Phi) is 10.8. The summed E-state index contributed by atoms with van der Waals surface area (Å²) in [6.45, 7) is 4.69. The molecule has 8 nitrogen and oxygen atoms in total. The molecule has 1 amide bonds. The fraction of sp³-hybridized carbons (Fsp3) is 0.303. The highest BCUT2D eigenvalue weighted by atomic mass is 16.5. The molecule has 1 aromatic heterocycles. The van der Waals surface area contributed by atoms with Crippen molar-refractivity contribution in [1.29, 1.82) is 0 Å². The largest absolute Gasteiger partial charge is 0.492 e. The van der Waals surface area contributed by atoms with Gasteiger partial charge in [0.25, 0.3) is 5.56 Å². The number of ether oxygens (including phenoxy) is 2. The van der Waals surface area contributed by atoms with E-state index in [1.54, 1.807) is 10.6 Å². The van der Waals surface area contributed by atoms with Gasteiger partial charge in [0.1, 0.15) is 24.3 Å². The van der Waals surface area contributed by atoms with Crippen molar-refractivity contribution in [2.45, 2.75) is 45.4 Å². The number of aliphatic hydroxyl groups excluding tert-OH is 1. The zero-order chi connectivity index (χ0) is 29.0. The number of aryl methyl sites for hydroxylation is 1. The van der Waals surface area contributed by atoms with Gasteiger partial charge in [0, 0.05) is 31.1 Å². The molecule has 0 aliphatic heterocycles. The minimum atomic E-state index is -0.699. The van der Waals surface area contributed by atoms with Crippen LogP contribution in [0.25, 0.3) is 11.3 Å². The molecule has 8 heteroatoms. The zero-order valence-corrected chi connectivity index (χ0v) is 23.5. The van der Waals surface area contributed by atoms with E-state index in [4.69, 9.17) is 14.5 Å². The third-order valence-electron chi connectivity index (χ3n) is 6.76. The van der Waals surface area contributed by atoms with Crippen LogP contribution in [0.15, 0.2) is 95.8 Å². The Balaban J connectivity index is 1.34. The lowest BCUT2D eigenvalue weighted by Gasteiger charge is -2.22. The first kappa shape index (κ1) is 29.7. The molecule has 0 unspecified atom stereocenters. The summed E-state index contributed by atoms with van der Waals surface area (Å²) in [6, 6.07) is 27.6. The summed E-state index contributed by atoms with van der Waals surface area (Å²) >= 11 is 0. The molecule has 214 valence electrons. The first-order chi connectivity index (χ1) is 20.0. The Hall–Kier alpha value is -4.27. The molecule has 2 N–H and O–H groups in total. The number of nitrogens with one attached hydrogen (secondary N) is 1. The molecule has 0 spiro atoms. The normalized spacial score (nSPS) is 12.5. The Labute approximate surface area is 240 Å². The number of benzene rings is 3. The van der Waals surface area contributed by atoms with E-state index in [9.17, 15) is 14.7 Å². The van der Waals surface area contributed by atoms with E-state index in [1.165, 1.54) is 0 Å². The van der Waals surface area contributed by atoms with E-state index >= 15 is 0 Å². The Morgan fingerprint density at radius 2 is 1.66 bits per heavy atom. The Bertz CT molecular complexity index is 1440. The van der Waals surface area contributed by atoms with E-state index in [1.807, 2.05) is 98.8 Å². The molecule has 0 fully saturated rings. The van der Waals surface area contributed by atoms with Crippen molar-refractivity contribution < 1.29 is 19.4 Å². The van der Waals surface area contributed by atoms with Crippen molar-refractivity contribution in [2.75, 3.05) is 19.8 Å². The van der Waals surface area contributed by atoms with Crippen LogP contribution in [0.2, 0.25) is 0 Å². The average molecular weight is 556 g/mol. The van der Waals surface area contributed by atoms with Crippen LogP contribution in [0.4, 0.5) is 0 Å². The lowest BCUT2D eigenvalue weighted by Crippen LogP contribution is -2.41. The molecule has 1 heterocycles. The number of aromatic nitrogens is 2. The number of hydrogen-bond acceptors (Lipinski definition) is 6. The van der Waals surface area contributed by atoms with Crippen LogP contribution in [-0.2, 0) is 28.9 Å². The van der Waals surface area contributed by atoms with Crippen LogP contribution < -0.4 is 15.6 Å². The third-order valence-corrected chi connectivity index (χ3v) is 6.76. The fourth-order valence-corrected chi connectivity index (χ4v) is 4.62. The van der Waals surface area contributed by atoms with Gasteiger partial charge in [-0.15, -0.1) is 0 Å². The van der Waals surface area contributed by atoms with Gasteiger partial charge in [-0.1, -0.05) is 79.7 Å². The van der Waals surface area contributed by atoms with Gasteiger partial charge in [0.05, 0.1) is 24.9 Å². The number of carbonyl (C=O) groups excluding carboxylic acids is 1. The molecule has 41 heavy (non-hydrogen) atoms. The number of amides is 1. The fourth-order valence-electron chi connectivity index (χ4n) is 4.62. The minimum absolute atomic E-state index is 0.106. The predicted molar refractivity (Wildman–Crippen MR) is 159 cm³/mol. The molecule has 2 atom stereocenters. The van der Waals surface area contributed by atoms with E-state index in [-0.39, 0.29) is 18.1 Å². The monoisotopic (exact) mass is 555 g/mol. The summed E-state index contributed by atoms with van der Waals surface area (Å²) in [7, 11) is 0. The maximum absolute atomic E-state index is 13.0. The highest BCUT2D eigenvalue weighted by Crippen LogP contribution is 2.18. The minimum Gasteiger partial charge on any atom is -0.492 e. The quantitative estimate of drug-likeness (QED) is 0.240. The first-order valence-electron chi connectivity index (χ1n) is 14.0. The average Bonchev–Trinajstić information content (AvgIpc) is 3.01. The second-order valence-electron chi connectivity index (χ2n) is 9.56.